The summed E-state index contributed by atoms with van der Waals surface area (Å²) >= 11 is 5.94. The van der Waals surface area contributed by atoms with Gasteiger partial charge in [-0.3, -0.25) is 9.48 Å². The van der Waals surface area contributed by atoms with E-state index < -0.39 is 0 Å². The van der Waals surface area contributed by atoms with Gasteiger partial charge < -0.3 is 9.80 Å². The van der Waals surface area contributed by atoms with Gasteiger partial charge in [-0.15, -0.1) is 0 Å². The second-order valence-corrected chi connectivity index (χ2v) is 7.62. The molecule has 2 heterocycles. The van der Waals surface area contributed by atoms with Crippen molar-refractivity contribution in [3.05, 3.63) is 52.8 Å². The smallest absolute Gasteiger partial charge is 0.271 e. The molecule has 0 saturated carbocycles. The lowest BCUT2D eigenvalue weighted by molar-refractivity contribution is 0.0729. The van der Waals surface area contributed by atoms with E-state index in [1.165, 1.54) is 5.56 Å². The molecule has 0 atom stereocenters. The summed E-state index contributed by atoms with van der Waals surface area (Å²) in [4.78, 5) is 16.9. The first-order valence-corrected chi connectivity index (χ1v) is 9.61. The minimum absolute atomic E-state index is 0.0511. The zero-order valence-electron chi connectivity index (χ0n) is 15.6. The van der Waals surface area contributed by atoms with E-state index in [1.807, 2.05) is 24.1 Å². The maximum atomic E-state index is 12.5. The minimum Gasteiger partial charge on any atom is -0.340 e. The SMILES string of the molecule is CN(CC1CCN(CCc2ccc(Cl)cc2)CC1)C(=O)c1ccnn1C. The Morgan fingerprint density at radius 3 is 2.54 bits per heavy atom. The molecule has 0 radical (unpaired) electrons. The number of nitrogens with zero attached hydrogens (tertiary/aromatic N) is 4. The van der Waals surface area contributed by atoms with E-state index >= 15 is 0 Å². The van der Waals surface area contributed by atoms with E-state index in [2.05, 4.69) is 22.1 Å². The molecule has 1 saturated heterocycles. The van der Waals surface area contributed by atoms with Gasteiger partial charge in [-0.05, 0) is 62.0 Å². The quantitative estimate of drug-likeness (QED) is 0.780. The van der Waals surface area contributed by atoms with Crippen LogP contribution in [0.25, 0.3) is 0 Å². The summed E-state index contributed by atoms with van der Waals surface area (Å²) in [7, 11) is 3.70. The monoisotopic (exact) mass is 374 g/mol. The van der Waals surface area contributed by atoms with Gasteiger partial charge in [0.25, 0.3) is 5.91 Å². The Hall–Kier alpha value is -1.85. The summed E-state index contributed by atoms with van der Waals surface area (Å²) in [5.74, 6) is 0.624. The molecule has 26 heavy (non-hydrogen) atoms. The van der Waals surface area contributed by atoms with Crippen molar-refractivity contribution in [3.8, 4) is 0 Å². The fourth-order valence-corrected chi connectivity index (χ4v) is 3.71. The third-order valence-corrected chi connectivity index (χ3v) is 5.51. The lowest BCUT2D eigenvalue weighted by Crippen LogP contribution is -2.40. The van der Waals surface area contributed by atoms with Crippen LogP contribution in [0.3, 0.4) is 0 Å². The summed E-state index contributed by atoms with van der Waals surface area (Å²) in [6.45, 7) is 4.10. The van der Waals surface area contributed by atoms with Crippen molar-refractivity contribution in [2.75, 3.05) is 33.2 Å². The highest BCUT2D eigenvalue weighted by atomic mass is 35.5. The number of halogens is 1. The molecule has 1 aromatic carbocycles. The van der Waals surface area contributed by atoms with E-state index in [-0.39, 0.29) is 5.91 Å². The zero-order chi connectivity index (χ0) is 18.5. The molecule has 1 amide bonds. The molecule has 1 aliphatic rings. The third kappa shape index (κ3) is 4.86. The Bertz CT molecular complexity index is 720. The Balaban J connectivity index is 1.41. The second kappa shape index (κ2) is 8.69. The van der Waals surface area contributed by atoms with Gasteiger partial charge in [0.05, 0.1) is 0 Å². The molecule has 3 rings (SSSR count). The van der Waals surface area contributed by atoms with E-state index in [1.54, 1.807) is 24.0 Å². The summed E-state index contributed by atoms with van der Waals surface area (Å²) in [6, 6.07) is 9.90. The van der Waals surface area contributed by atoms with E-state index in [4.69, 9.17) is 11.6 Å². The van der Waals surface area contributed by atoms with Crippen LogP contribution in [0.4, 0.5) is 0 Å². The molecule has 140 valence electrons. The van der Waals surface area contributed by atoms with Crippen LogP contribution in [0.1, 0.15) is 28.9 Å². The number of hydrogen-bond acceptors (Lipinski definition) is 3. The number of aryl methyl sites for hydroxylation is 1. The first-order valence-electron chi connectivity index (χ1n) is 9.23. The second-order valence-electron chi connectivity index (χ2n) is 7.19. The van der Waals surface area contributed by atoms with Crippen LogP contribution < -0.4 is 0 Å². The van der Waals surface area contributed by atoms with Gasteiger partial charge in [0, 0.05) is 38.4 Å². The number of benzene rings is 1. The standard InChI is InChI=1S/C20H27ClN4O/c1-23(20(26)19-7-11-22-24(19)2)15-17-9-13-25(14-10-17)12-8-16-3-5-18(21)6-4-16/h3-7,11,17H,8-10,12-15H2,1-2H3. The first kappa shape index (κ1) is 18.9. The number of rotatable bonds is 6. The maximum Gasteiger partial charge on any atom is 0.271 e. The van der Waals surface area contributed by atoms with E-state index in [0.717, 1.165) is 50.5 Å². The first-order chi connectivity index (χ1) is 12.5. The number of piperidine rings is 1. The average Bonchev–Trinajstić information content (AvgIpc) is 3.07. The van der Waals surface area contributed by atoms with Gasteiger partial charge in [0.2, 0.25) is 0 Å². The molecule has 1 fully saturated rings. The van der Waals surface area contributed by atoms with Gasteiger partial charge in [-0.1, -0.05) is 23.7 Å². The summed E-state index contributed by atoms with van der Waals surface area (Å²) in [5, 5.41) is 4.87. The number of amides is 1. The van der Waals surface area contributed by atoms with Crippen LogP contribution in [-0.2, 0) is 13.5 Å². The van der Waals surface area contributed by atoms with Crippen molar-refractivity contribution in [3.63, 3.8) is 0 Å². The van der Waals surface area contributed by atoms with Gasteiger partial charge >= 0.3 is 0 Å². The highest BCUT2D eigenvalue weighted by Gasteiger charge is 2.23. The van der Waals surface area contributed by atoms with Crippen LogP contribution in [0, 0.1) is 5.92 Å². The maximum absolute atomic E-state index is 12.5. The minimum atomic E-state index is 0.0511. The van der Waals surface area contributed by atoms with Crippen LogP contribution in [0.5, 0.6) is 0 Å². The van der Waals surface area contributed by atoms with Gasteiger partial charge in [0.15, 0.2) is 0 Å². The highest BCUT2D eigenvalue weighted by Crippen LogP contribution is 2.19. The molecule has 6 heteroatoms. The van der Waals surface area contributed by atoms with Crippen LogP contribution in [-0.4, -0.2) is 58.7 Å². The van der Waals surface area contributed by atoms with E-state index in [9.17, 15) is 4.79 Å². The summed E-state index contributed by atoms with van der Waals surface area (Å²) in [5.41, 5.74) is 1.98. The van der Waals surface area contributed by atoms with Crippen molar-refractivity contribution in [2.24, 2.45) is 13.0 Å². The van der Waals surface area contributed by atoms with E-state index in [0.29, 0.717) is 11.6 Å². The molecule has 0 unspecified atom stereocenters. The number of carbonyl (C=O) groups excluding carboxylic acids is 1. The Kier molecular flexibility index (Phi) is 6.33. The fraction of sp³-hybridized carbons (Fsp3) is 0.500. The Morgan fingerprint density at radius 1 is 1.23 bits per heavy atom. The van der Waals surface area contributed by atoms with Crippen molar-refractivity contribution in [1.29, 1.82) is 0 Å². The molecule has 0 aliphatic carbocycles. The molecule has 1 aromatic heterocycles. The number of hydrogen-bond donors (Lipinski definition) is 0. The summed E-state index contributed by atoms with van der Waals surface area (Å²) < 4.78 is 1.64. The van der Waals surface area contributed by atoms with Crippen LogP contribution >= 0.6 is 11.6 Å². The lowest BCUT2D eigenvalue weighted by Gasteiger charge is -2.33. The summed E-state index contributed by atoms with van der Waals surface area (Å²) in [6.07, 6.45) is 5.01. The number of likely N-dealkylation sites (tertiary alicyclic amines) is 1. The highest BCUT2D eigenvalue weighted by molar-refractivity contribution is 6.30. The zero-order valence-corrected chi connectivity index (χ0v) is 16.3. The van der Waals surface area contributed by atoms with Crippen molar-refractivity contribution in [1.82, 2.24) is 19.6 Å². The van der Waals surface area contributed by atoms with Gasteiger partial charge in [-0.25, -0.2) is 0 Å². The predicted molar refractivity (Wildman–Crippen MR) is 104 cm³/mol. The van der Waals surface area contributed by atoms with Crippen LogP contribution in [0.15, 0.2) is 36.5 Å². The fourth-order valence-electron chi connectivity index (χ4n) is 3.58. The van der Waals surface area contributed by atoms with Crippen molar-refractivity contribution in [2.45, 2.75) is 19.3 Å². The molecule has 2 aromatic rings. The molecular weight excluding hydrogens is 348 g/mol. The van der Waals surface area contributed by atoms with Crippen LogP contribution in [0.2, 0.25) is 5.02 Å². The number of carbonyl (C=O) groups is 1. The third-order valence-electron chi connectivity index (χ3n) is 5.26. The van der Waals surface area contributed by atoms with Crippen molar-refractivity contribution < 1.29 is 4.79 Å². The largest absolute Gasteiger partial charge is 0.340 e. The lowest BCUT2D eigenvalue weighted by atomic mass is 9.96. The molecular formula is C20H27ClN4O. The Morgan fingerprint density at radius 2 is 1.92 bits per heavy atom. The van der Waals surface area contributed by atoms with Crippen molar-refractivity contribution >= 4 is 17.5 Å². The van der Waals surface area contributed by atoms with Gasteiger partial charge in [0.1, 0.15) is 5.69 Å². The molecule has 0 spiro atoms. The molecule has 0 bridgehead atoms. The normalized spacial score (nSPS) is 16.0. The molecule has 5 nitrogen and oxygen atoms in total. The molecule has 0 N–H and O–H groups in total. The Labute approximate surface area is 160 Å². The average molecular weight is 375 g/mol. The number of aromatic nitrogens is 2. The van der Waals surface area contributed by atoms with Gasteiger partial charge in [-0.2, -0.15) is 5.10 Å². The predicted octanol–water partition coefficient (Wildman–Crippen LogP) is 3.10. The topological polar surface area (TPSA) is 41.4 Å². The molecule has 1 aliphatic heterocycles.